The first-order valence-corrected chi connectivity index (χ1v) is 16.6. The molecular weight excluding hydrogens is 568 g/mol. The zero-order valence-electron chi connectivity index (χ0n) is 29.7. The molecule has 0 aliphatic heterocycles. The topological polar surface area (TPSA) is 69.9 Å². The molecule has 46 heavy (non-hydrogen) atoms. The van der Waals surface area contributed by atoms with Crippen LogP contribution in [0.4, 0.5) is 0 Å². The normalized spacial score (nSPS) is 14.5. The summed E-state index contributed by atoms with van der Waals surface area (Å²) in [5, 5.41) is 32.4. The van der Waals surface area contributed by atoms with Gasteiger partial charge in [-0.3, -0.25) is 0 Å². The smallest absolute Gasteiger partial charge is 0.201 e. The van der Waals surface area contributed by atoms with Gasteiger partial charge in [0.2, 0.25) is 5.75 Å². The quantitative estimate of drug-likeness (QED) is 0.114. The first-order chi connectivity index (χ1) is 21.6. The molecule has 250 valence electrons. The average Bonchev–Trinajstić information content (AvgIpc) is 2.99. The number of rotatable bonds is 18. The number of benzene rings is 2. The van der Waals surface area contributed by atoms with E-state index in [1.165, 1.54) is 22.3 Å². The van der Waals surface area contributed by atoms with E-state index in [1.54, 1.807) is 24.3 Å². The third-order valence-electron chi connectivity index (χ3n) is 8.95. The lowest BCUT2D eigenvalue weighted by molar-refractivity contribution is 0.359. The summed E-state index contributed by atoms with van der Waals surface area (Å²) in [4.78, 5) is 0. The van der Waals surface area contributed by atoms with E-state index in [0.29, 0.717) is 0 Å². The highest BCUT2D eigenvalue weighted by Crippen LogP contribution is 2.45. The van der Waals surface area contributed by atoms with E-state index in [4.69, 9.17) is 4.74 Å². The number of hydrogen-bond acceptors (Lipinski definition) is 4. The third kappa shape index (κ3) is 11.5. The molecule has 2 unspecified atom stereocenters. The molecule has 0 aromatic heterocycles. The second-order valence-corrected chi connectivity index (χ2v) is 13.7. The van der Waals surface area contributed by atoms with Gasteiger partial charge in [0.15, 0.2) is 23.0 Å². The van der Waals surface area contributed by atoms with Gasteiger partial charge in [-0.1, -0.05) is 78.7 Å². The van der Waals surface area contributed by atoms with Crippen molar-refractivity contribution < 1.29 is 20.1 Å². The molecule has 0 heterocycles. The first-order valence-electron chi connectivity index (χ1n) is 16.6. The number of ether oxygens (including phenoxy) is 1. The van der Waals surface area contributed by atoms with Crippen LogP contribution in [0.5, 0.6) is 28.7 Å². The number of aromatic hydroxyl groups is 3. The Labute approximate surface area is 279 Å². The van der Waals surface area contributed by atoms with Crippen LogP contribution in [0.2, 0.25) is 0 Å². The van der Waals surface area contributed by atoms with E-state index in [0.717, 1.165) is 62.5 Å². The fourth-order valence-corrected chi connectivity index (χ4v) is 5.42. The second kappa shape index (κ2) is 17.7. The van der Waals surface area contributed by atoms with Gasteiger partial charge in [0.25, 0.3) is 0 Å². The van der Waals surface area contributed by atoms with Crippen molar-refractivity contribution in [3.8, 4) is 28.7 Å². The standard InChI is InChI=1S/C42H58O4/c1-11-41(9,25-15-21-32(7)19-13-17-30(3)4)34-23-24-38(36(43)27-34)46-39-29-35(28-37(44)40(39)45)42(10,12-2)26-16-22-33(8)20-14-18-31(5)6/h11-12,17-18,21-24,27-29,43-45H,1-2,13-16,19-20,25-26H2,3-10H3/b32-21+,33-22-. The molecule has 0 radical (unpaired) electrons. The highest BCUT2D eigenvalue weighted by molar-refractivity contribution is 5.57. The van der Waals surface area contributed by atoms with E-state index in [-0.39, 0.29) is 34.2 Å². The minimum atomic E-state index is -0.476. The maximum Gasteiger partial charge on any atom is 0.201 e. The lowest BCUT2D eigenvalue weighted by atomic mass is 9.78. The van der Waals surface area contributed by atoms with Gasteiger partial charge >= 0.3 is 0 Å². The van der Waals surface area contributed by atoms with Crippen LogP contribution in [-0.2, 0) is 10.8 Å². The predicted octanol–water partition coefficient (Wildman–Crippen LogP) is 12.4. The fraction of sp³-hybridized carbons (Fsp3) is 0.429. The minimum Gasteiger partial charge on any atom is -0.504 e. The van der Waals surface area contributed by atoms with Crippen molar-refractivity contribution in [1.29, 1.82) is 0 Å². The van der Waals surface area contributed by atoms with Gasteiger partial charge in [-0.2, -0.15) is 0 Å². The molecule has 2 aromatic rings. The first kappa shape index (κ1) is 38.3. The molecule has 2 atom stereocenters. The second-order valence-electron chi connectivity index (χ2n) is 13.7. The lowest BCUT2D eigenvalue weighted by Crippen LogP contribution is -2.18. The van der Waals surface area contributed by atoms with Gasteiger partial charge in [-0.05, 0) is 128 Å². The van der Waals surface area contributed by atoms with E-state index in [9.17, 15) is 15.3 Å². The highest BCUT2D eigenvalue weighted by atomic mass is 16.5. The van der Waals surface area contributed by atoms with Crippen molar-refractivity contribution in [2.75, 3.05) is 0 Å². The number of phenols is 3. The van der Waals surface area contributed by atoms with Gasteiger partial charge < -0.3 is 20.1 Å². The Morgan fingerprint density at radius 2 is 1.11 bits per heavy atom. The maximum absolute atomic E-state index is 11.0. The van der Waals surface area contributed by atoms with Crippen molar-refractivity contribution in [2.45, 2.75) is 118 Å². The molecule has 0 saturated carbocycles. The summed E-state index contributed by atoms with van der Waals surface area (Å²) in [5.41, 5.74) is 6.25. The summed E-state index contributed by atoms with van der Waals surface area (Å²) in [7, 11) is 0. The fourth-order valence-electron chi connectivity index (χ4n) is 5.42. The van der Waals surface area contributed by atoms with E-state index in [2.05, 4.69) is 92.9 Å². The van der Waals surface area contributed by atoms with Gasteiger partial charge in [0.1, 0.15) is 0 Å². The Morgan fingerprint density at radius 1 is 0.630 bits per heavy atom. The molecule has 2 aromatic carbocycles. The molecule has 0 amide bonds. The van der Waals surface area contributed by atoms with Gasteiger partial charge in [-0.15, -0.1) is 13.2 Å². The molecule has 4 heteroatoms. The zero-order chi connectivity index (χ0) is 34.5. The van der Waals surface area contributed by atoms with Crippen LogP contribution in [0.25, 0.3) is 0 Å². The third-order valence-corrected chi connectivity index (χ3v) is 8.95. The SMILES string of the molecule is C=CC(C)(CC/C=C(/C)CCC=C(C)C)c1cc(O)c(O)c(Oc2ccc(C(C)(C=C)CC/C=C(\C)CCC=C(C)C)cc2O)c1. The van der Waals surface area contributed by atoms with Gasteiger partial charge in [-0.25, -0.2) is 0 Å². The Bertz CT molecular complexity index is 1460. The number of allylic oxidation sites excluding steroid dienone is 10. The molecule has 0 aliphatic carbocycles. The zero-order valence-corrected chi connectivity index (χ0v) is 29.7. The summed E-state index contributed by atoms with van der Waals surface area (Å²) in [6.07, 6.45) is 20.4. The Morgan fingerprint density at radius 3 is 1.57 bits per heavy atom. The Balaban J connectivity index is 2.23. The van der Waals surface area contributed by atoms with Crippen LogP contribution >= 0.6 is 0 Å². The van der Waals surface area contributed by atoms with Crippen LogP contribution in [0, 0.1) is 0 Å². The van der Waals surface area contributed by atoms with Gasteiger partial charge in [0, 0.05) is 10.8 Å². The van der Waals surface area contributed by atoms with Gasteiger partial charge in [0.05, 0.1) is 0 Å². The summed E-state index contributed by atoms with van der Waals surface area (Å²) < 4.78 is 6.02. The molecule has 0 bridgehead atoms. The van der Waals surface area contributed by atoms with Crippen molar-refractivity contribution >= 4 is 0 Å². The van der Waals surface area contributed by atoms with Crippen LogP contribution in [0.15, 0.2) is 102 Å². The maximum atomic E-state index is 11.0. The molecule has 4 nitrogen and oxygen atoms in total. The molecule has 3 N–H and O–H groups in total. The largest absolute Gasteiger partial charge is 0.504 e. The van der Waals surface area contributed by atoms with Crippen molar-refractivity contribution in [2.24, 2.45) is 0 Å². The summed E-state index contributed by atoms with van der Waals surface area (Å²) in [5.74, 6) is -0.458. The summed E-state index contributed by atoms with van der Waals surface area (Å²) in [6.45, 7) is 25.2. The average molecular weight is 627 g/mol. The Hall–Kier alpha value is -3.92. The van der Waals surface area contributed by atoms with E-state index >= 15 is 0 Å². The van der Waals surface area contributed by atoms with Crippen LogP contribution in [0.3, 0.4) is 0 Å². The Kier molecular flexibility index (Phi) is 14.7. The van der Waals surface area contributed by atoms with Crippen molar-refractivity contribution in [3.05, 3.63) is 113 Å². The molecule has 0 spiro atoms. The van der Waals surface area contributed by atoms with E-state index < -0.39 is 5.41 Å². The molecule has 0 saturated heterocycles. The van der Waals surface area contributed by atoms with Crippen LogP contribution in [0.1, 0.15) is 118 Å². The number of hydrogen-bond donors (Lipinski definition) is 3. The minimum absolute atomic E-state index is 0.0523. The highest BCUT2D eigenvalue weighted by Gasteiger charge is 2.27. The molecular formula is C42H58O4. The molecule has 0 fully saturated rings. The van der Waals surface area contributed by atoms with Crippen LogP contribution < -0.4 is 4.74 Å². The van der Waals surface area contributed by atoms with Crippen molar-refractivity contribution in [3.63, 3.8) is 0 Å². The lowest BCUT2D eigenvalue weighted by Gasteiger charge is -2.28. The summed E-state index contributed by atoms with van der Waals surface area (Å²) in [6, 6.07) is 8.60. The summed E-state index contributed by atoms with van der Waals surface area (Å²) >= 11 is 0. The number of phenolic OH excluding ortho intramolecular Hbond substituents is 3. The van der Waals surface area contributed by atoms with E-state index in [1.807, 2.05) is 18.2 Å². The molecule has 2 rings (SSSR count). The van der Waals surface area contributed by atoms with Crippen molar-refractivity contribution in [1.82, 2.24) is 0 Å². The monoisotopic (exact) mass is 626 g/mol. The molecule has 0 aliphatic rings. The van der Waals surface area contributed by atoms with Crippen LogP contribution in [-0.4, -0.2) is 15.3 Å². The predicted molar refractivity (Wildman–Crippen MR) is 196 cm³/mol.